The van der Waals surface area contributed by atoms with Crippen LogP contribution < -0.4 is 0 Å². The Kier molecular flexibility index (Phi) is 2.75. The van der Waals surface area contributed by atoms with Gasteiger partial charge in [-0.25, -0.2) is 4.79 Å². The molecule has 0 saturated heterocycles. The zero-order chi connectivity index (χ0) is 12.6. The predicted molar refractivity (Wildman–Crippen MR) is 57.7 cm³/mol. The van der Waals surface area contributed by atoms with Crippen LogP contribution in [0.5, 0.6) is 0 Å². The van der Waals surface area contributed by atoms with Crippen molar-refractivity contribution in [3.63, 3.8) is 0 Å². The van der Waals surface area contributed by atoms with Crippen molar-refractivity contribution < 1.29 is 24.2 Å². The van der Waals surface area contributed by atoms with E-state index in [9.17, 15) is 14.7 Å². The fourth-order valence-corrected chi connectivity index (χ4v) is 1.91. The number of hydrogen-bond donors (Lipinski definition) is 1. The molecule has 5 nitrogen and oxygen atoms in total. The van der Waals surface area contributed by atoms with Crippen LogP contribution in [0.1, 0.15) is 13.8 Å². The minimum Gasteiger partial charge on any atom is -0.504 e. The van der Waals surface area contributed by atoms with Gasteiger partial charge in [0.05, 0.1) is 0 Å². The van der Waals surface area contributed by atoms with Crippen molar-refractivity contribution in [3.05, 3.63) is 35.3 Å². The summed E-state index contributed by atoms with van der Waals surface area (Å²) in [5, 5.41) is 9.63. The Bertz CT molecular complexity index is 469. The summed E-state index contributed by atoms with van der Waals surface area (Å²) in [5.74, 6) is -1.46. The second-order valence-corrected chi connectivity index (χ2v) is 3.97. The molecular formula is C12H12O5. The van der Waals surface area contributed by atoms with Gasteiger partial charge in [0.25, 0.3) is 0 Å². The predicted octanol–water partition coefficient (Wildman–Crippen LogP) is 1.38. The van der Waals surface area contributed by atoms with E-state index >= 15 is 0 Å². The number of rotatable bonds is 1. The molecule has 0 unspecified atom stereocenters. The van der Waals surface area contributed by atoms with Gasteiger partial charge in [-0.1, -0.05) is 11.6 Å². The third-order valence-corrected chi connectivity index (χ3v) is 2.67. The standard InChI is InChI=1S/C12H12O5/c1-6-5-10(15)17-11-8(6)3-4-9(14)12(11)16-7(2)13/h3-5,8,11,14H,1-2H3/t8-,11+/m0/s1. The van der Waals surface area contributed by atoms with Gasteiger partial charge in [0.1, 0.15) is 0 Å². The van der Waals surface area contributed by atoms with Crippen LogP contribution in [-0.4, -0.2) is 23.1 Å². The number of fused-ring (bicyclic) bond motifs is 1. The van der Waals surface area contributed by atoms with Crippen LogP contribution in [0.2, 0.25) is 0 Å². The van der Waals surface area contributed by atoms with E-state index in [2.05, 4.69) is 0 Å². The third-order valence-electron chi connectivity index (χ3n) is 2.67. The molecule has 0 fully saturated rings. The van der Waals surface area contributed by atoms with E-state index in [4.69, 9.17) is 9.47 Å². The first-order valence-corrected chi connectivity index (χ1v) is 5.17. The Morgan fingerprint density at radius 1 is 1.53 bits per heavy atom. The molecule has 0 aromatic carbocycles. The molecule has 0 radical (unpaired) electrons. The molecule has 2 atom stereocenters. The first kappa shape index (κ1) is 11.4. The van der Waals surface area contributed by atoms with Gasteiger partial charge in [-0.2, -0.15) is 0 Å². The van der Waals surface area contributed by atoms with E-state index in [-0.39, 0.29) is 17.4 Å². The molecule has 0 bridgehead atoms. The second kappa shape index (κ2) is 4.08. The molecule has 1 aliphatic heterocycles. The number of hydrogen-bond acceptors (Lipinski definition) is 5. The number of aliphatic hydroxyl groups is 1. The molecule has 17 heavy (non-hydrogen) atoms. The van der Waals surface area contributed by atoms with Crippen LogP contribution in [0.3, 0.4) is 0 Å². The van der Waals surface area contributed by atoms with Crippen LogP contribution in [0.15, 0.2) is 35.3 Å². The van der Waals surface area contributed by atoms with Crippen LogP contribution in [0.4, 0.5) is 0 Å². The number of carbonyl (C=O) groups is 2. The molecule has 0 spiro atoms. The van der Waals surface area contributed by atoms with Crippen molar-refractivity contribution in [1.82, 2.24) is 0 Å². The summed E-state index contributed by atoms with van der Waals surface area (Å²) < 4.78 is 9.99. The molecule has 1 heterocycles. The van der Waals surface area contributed by atoms with Gasteiger partial charge in [-0.05, 0) is 13.0 Å². The monoisotopic (exact) mass is 236 g/mol. The summed E-state index contributed by atoms with van der Waals surface area (Å²) in [6.07, 6.45) is 3.78. The van der Waals surface area contributed by atoms with Gasteiger partial charge < -0.3 is 14.6 Å². The van der Waals surface area contributed by atoms with Gasteiger partial charge in [-0.15, -0.1) is 0 Å². The summed E-state index contributed by atoms with van der Waals surface area (Å²) in [5.41, 5.74) is 0.805. The number of aliphatic hydroxyl groups excluding tert-OH is 1. The fourth-order valence-electron chi connectivity index (χ4n) is 1.91. The van der Waals surface area contributed by atoms with Crippen LogP contribution in [0.25, 0.3) is 0 Å². The number of esters is 2. The maximum atomic E-state index is 11.3. The average Bonchev–Trinajstić information content (AvgIpc) is 2.21. The SMILES string of the molecule is CC(=O)OC1=C(O)C=C[C@H]2C(C)=CC(=O)O[C@@H]12. The number of ether oxygens (including phenoxy) is 2. The highest BCUT2D eigenvalue weighted by molar-refractivity contribution is 5.84. The molecule has 2 aliphatic rings. The van der Waals surface area contributed by atoms with Gasteiger partial charge in [0.15, 0.2) is 17.6 Å². The Morgan fingerprint density at radius 3 is 2.88 bits per heavy atom. The minimum atomic E-state index is -0.763. The number of allylic oxidation sites excluding steroid dienone is 1. The highest BCUT2D eigenvalue weighted by Crippen LogP contribution is 2.34. The molecule has 5 heteroatoms. The summed E-state index contributed by atoms with van der Waals surface area (Å²) in [4.78, 5) is 22.2. The summed E-state index contributed by atoms with van der Waals surface area (Å²) >= 11 is 0. The molecular weight excluding hydrogens is 224 g/mol. The lowest BCUT2D eigenvalue weighted by Gasteiger charge is -2.32. The second-order valence-electron chi connectivity index (χ2n) is 3.97. The molecule has 2 rings (SSSR count). The highest BCUT2D eigenvalue weighted by Gasteiger charge is 2.38. The molecule has 90 valence electrons. The van der Waals surface area contributed by atoms with Crippen molar-refractivity contribution in [2.24, 2.45) is 5.92 Å². The average molecular weight is 236 g/mol. The largest absolute Gasteiger partial charge is 0.504 e. The van der Waals surface area contributed by atoms with Gasteiger partial charge in [0.2, 0.25) is 0 Å². The zero-order valence-electron chi connectivity index (χ0n) is 9.47. The lowest BCUT2D eigenvalue weighted by Crippen LogP contribution is -2.36. The lowest BCUT2D eigenvalue weighted by molar-refractivity contribution is -0.151. The Hall–Kier alpha value is -2.04. The molecule has 1 N–H and O–H groups in total. The fraction of sp³-hybridized carbons (Fsp3) is 0.333. The van der Waals surface area contributed by atoms with Crippen LogP contribution in [0, 0.1) is 5.92 Å². The summed E-state index contributed by atoms with van der Waals surface area (Å²) in [6, 6.07) is 0. The zero-order valence-corrected chi connectivity index (χ0v) is 9.47. The van der Waals surface area contributed by atoms with Gasteiger partial charge in [-0.3, -0.25) is 4.79 Å². The normalized spacial score (nSPS) is 27.2. The number of carbonyl (C=O) groups excluding carboxylic acids is 2. The van der Waals surface area contributed by atoms with Crippen molar-refractivity contribution in [2.45, 2.75) is 20.0 Å². The van der Waals surface area contributed by atoms with E-state index in [0.717, 1.165) is 5.57 Å². The maximum absolute atomic E-state index is 11.3. The Morgan fingerprint density at radius 2 is 2.24 bits per heavy atom. The topological polar surface area (TPSA) is 72.8 Å². The van der Waals surface area contributed by atoms with E-state index in [1.165, 1.54) is 19.1 Å². The molecule has 0 saturated carbocycles. The quantitative estimate of drug-likeness (QED) is 0.696. The van der Waals surface area contributed by atoms with Crippen molar-refractivity contribution in [3.8, 4) is 0 Å². The van der Waals surface area contributed by atoms with E-state index in [0.29, 0.717) is 0 Å². The molecule has 0 aromatic rings. The smallest absolute Gasteiger partial charge is 0.331 e. The van der Waals surface area contributed by atoms with Crippen molar-refractivity contribution in [2.75, 3.05) is 0 Å². The van der Waals surface area contributed by atoms with E-state index in [1.54, 1.807) is 13.0 Å². The first-order valence-electron chi connectivity index (χ1n) is 5.17. The maximum Gasteiger partial charge on any atom is 0.331 e. The van der Waals surface area contributed by atoms with E-state index in [1.807, 2.05) is 0 Å². The first-order chi connectivity index (χ1) is 7.99. The Labute approximate surface area is 98.0 Å². The van der Waals surface area contributed by atoms with Crippen molar-refractivity contribution in [1.29, 1.82) is 0 Å². The molecule has 1 aliphatic carbocycles. The van der Waals surface area contributed by atoms with E-state index < -0.39 is 18.0 Å². The minimum absolute atomic E-state index is 0.00852. The van der Waals surface area contributed by atoms with Crippen molar-refractivity contribution >= 4 is 11.9 Å². The van der Waals surface area contributed by atoms with Gasteiger partial charge in [0, 0.05) is 18.9 Å². The Balaban J connectivity index is 2.38. The third kappa shape index (κ3) is 2.08. The van der Waals surface area contributed by atoms with Crippen LogP contribution >= 0.6 is 0 Å². The van der Waals surface area contributed by atoms with Crippen LogP contribution in [-0.2, 0) is 19.1 Å². The highest BCUT2D eigenvalue weighted by atomic mass is 16.6. The summed E-state index contributed by atoms with van der Waals surface area (Å²) in [6.45, 7) is 3.01. The lowest BCUT2D eigenvalue weighted by atomic mass is 9.87. The molecule has 0 aromatic heterocycles. The van der Waals surface area contributed by atoms with Gasteiger partial charge >= 0.3 is 11.9 Å². The molecule has 0 amide bonds. The summed E-state index contributed by atoms with van der Waals surface area (Å²) in [7, 11) is 0.